The summed E-state index contributed by atoms with van der Waals surface area (Å²) in [5, 5.41) is 4.90. The molecule has 0 atom stereocenters. The summed E-state index contributed by atoms with van der Waals surface area (Å²) in [6.07, 6.45) is 1.66. The first-order valence-electron chi connectivity index (χ1n) is 5.02. The van der Waals surface area contributed by atoms with Crippen LogP contribution in [0.5, 0.6) is 5.75 Å². The van der Waals surface area contributed by atoms with Gasteiger partial charge in [-0.05, 0) is 13.0 Å². The SMILES string of the molecule is COc1ccccc1Cn1ncc(Cl)c1C. The first-order chi connectivity index (χ1) is 7.72. The van der Waals surface area contributed by atoms with Gasteiger partial charge in [-0.2, -0.15) is 5.10 Å². The molecule has 0 aliphatic heterocycles. The van der Waals surface area contributed by atoms with Gasteiger partial charge in [-0.25, -0.2) is 0 Å². The summed E-state index contributed by atoms with van der Waals surface area (Å²) in [6.45, 7) is 2.62. The summed E-state index contributed by atoms with van der Waals surface area (Å²) in [5.41, 5.74) is 2.06. The van der Waals surface area contributed by atoms with E-state index in [9.17, 15) is 0 Å². The number of benzene rings is 1. The lowest BCUT2D eigenvalue weighted by atomic mass is 10.2. The predicted molar refractivity (Wildman–Crippen MR) is 64.1 cm³/mol. The van der Waals surface area contributed by atoms with Gasteiger partial charge in [0.1, 0.15) is 5.75 Å². The first-order valence-corrected chi connectivity index (χ1v) is 5.40. The smallest absolute Gasteiger partial charge is 0.123 e. The molecule has 0 aliphatic carbocycles. The van der Waals surface area contributed by atoms with Crippen LogP contribution in [-0.4, -0.2) is 16.9 Å². The molecule has 1 heterocycles. The molecule has 0 fully saturated rings. The lowest BCUT2D eigenvalue weighted by molar-refractivity contribution is 0.407. The molecule has 0 aliphatic rings. The van der Waals surface area contributed by atoms with Crippen molar-refractivity contribution in [3.8, 4) is 5.75 Å². The van der Waals surface area contributed by atoms with Gasteiger partial charge in [-0.1, -0.05) is 29.8 Å². The highest BCUT2D eigenvalue weighted by atomic mass is 35.5. The maximum absolute atomic E-state index is 5.95. The largest absolute Gasteiger partial charge is 0.496 e. The van der Waals surface area contributed by atoms with Crippen LogP contribution in [0.2, 0.25) is 5.02 Å². The fourth-order valence-corrected chi connectivity index (χ4v) is 1.72. The third kappa shape index (κ3) is 2.04. The molecule has 2 rings (SSSR count). The Morgan fingerprint density at radius 1 is 1.38 bits per heavy atom. The Balaban J connectivity index is 2.30. The minimum atomic E-state index is 0.669. The highest BCUT2D eigenvalue weighted by Gasteiger charge is 2.07. The number of rotatable bonds is 3. The van der Waals surface area contributed by atoms with Crippen molar-refractivity contribution in [1.82, 2.24) is 9.78 Å². The van der Waals surface area contributed by atoms with E-state index in [4.69, 9.17) is 16.3 Å². The van der Waals surface area contributed by atoms with Crippen molar-refractivity contribution in [2.75, 3.05) is 7.11 Å². The highest BCUT2D eigenvalue weighted by molar-refractivity contribution is 6.31. The number of ether oxygens (including phenoxy) is 1. The normalized spacial score (nSPS) is 10.4. The molecule has 0 N–H and O–H groups in total. The summed E-state index contributed by atoms with van der Waals surface area (Å²) in [4.78, 5) is 0. The van der Waals surface area contributed by atoms with Crippen LogP contribution in [0.15, 0.2) is 30.5 Å². The van der Waals surface area contributed by atoms with Crippen LogP contribution in [0.1, 0.15) is 11.3 Å². The van der Waals surface area contributed by atoms with Gasteiger partial charge in [0.25, 0.3) is 0 Å². The molecular weight excluding hydrogens is 224 g/mol. The van der Waals surface area contributed by atoms with E-state index in [0.717, 1.165) is 17.0 Å². The molecular formula is C12H13ClN2O. The standard InChI is InChI=1S/C12H13ClN2O/c1-9-11(13)7-14-15(9)8-10-5-3-4-6-12(10)16-2/h3-7H,8H2,1-2H3. The second kappa shape index (κ2) is 4.58. The quantitative estimate of drug-likeness (QED) is 0.820. The van der Waals surface area contributed by atoms with Crippen LogP contribution in [-0.2, 0) is 6.54 Å². The van der Waals surface area contributed by atoms with Crippen molar-refractivity contribution in [2.24, 2.45) is 0 Å². The van der Waals surface area contributed by atoms with Crippen LogP contribution in [0, 0.1) is 6.92 Å². The molecule has 2 aromatic rings. The van der Waals surface area contributed by atoms with Crippen LogP contribution in [0.3, 0.4) is 0 Å². The zero-order chi connectivity index (χ0) is 11.5. The van der Waals surface area contributed by atoms with Crippen LogP contribution in [0.4, 0.5) is 0 Å². The summed E-state index contributed by atoms with van der Waals surface area (Å²) >= 11 is 5.95. The minimum absolute atomic E-state index is 0.669. The van der Waals surface area contributed by atoms with Crippen molar-refractivity contribution in [3.63, 3.8) is 0 Å². The van der Waals surface area contributed by atoms with E-state index in [1.54, 1.807) is 13.3 Å². The van der Waals surface area contributed by atoms with Gasteiger partial charge in [-0.15, -0.1) is 0 Å². The summed E-state index contributed by atoms with van der Waals surface area (Å²) in [6, 6.07) is 7.90. The second-order valence-electron chi connectivity index (χ2n) is 3.55. The van der Waals surface area contributed by atoms with Gasteiger partial charge in [0.2, 0.25) is 0 Å². The fraction of sp³-hybridized carbons (Fsp3) is 0.250. The van der Waals surface area contributed by atoms with Crippen molar-refractivity contribution < 1.29 is 4.74 Å². The number of para-hydroxylation sites is 1. The Hall–Kier alpha value is -1.48. The van der Waals surface area contributed by atoms with E-state index >= 15 is 0 Å². The second-order valence-corrected chi connectivity index (χ2v) is 3.95. The van der Waals surface area contributed by atoms with Gasteiger partial charge in [0, 0.05) is 5.56 Å². The van der Waals surface area contributed by atoms with Crippen LogP contribution >= 0.6 is 11.6 Å². The topological polar surface area (TPSA) is 27.1 Å². The lowest BCUT2D eigenvalue weighted by Gasteiger charge is -2.09. The minimum Gasteiger partial charge on any atom is -0.496 e. The van der Waals surface area contributed by atoms with Gasteiger partial charge in [0.15, 0.2) is 0 Å². The molecule has 0 saturated carbocycles. The molecule has 1 aromatic heterocycles. The molecule has 3 nitrogen and oxygen atoms in total. The summed E-state index contributed by atoms with van der Waals surface area (Å²) < 4.78 is 7.15. The average Bonchev–Trinajstić information content (AvgIpc) is 2.62. The third-order valence-corrected chi connectivity index (χ3v) is 2.93. The van der Waals surface area contributed by atoms with Crippen LogP contribution in [0.25, 0.3) is 0 Å². The molecule has 1 aromatic carbocycles. The van der Waals surface area contributed by atoms with Gasteiger partial charge in [0.05, 0.1) is 30.6 Å². The van der Waals surface area contributed by atoms with Crippen molar-refractivity contribution >= 4 is 11.6 Å². The Morgan fingerprint density at radius 3 is 2.75 bits per heavy atom. The summed E-state index contributed by atoms with van der Waals surface area (Å²) in [5.74, 6) is 0.869. The molecule has 0 bridgehead atoms. The lowest BCUT2D eigenvalue weighted by Crippen LogP contribution is -2.05. The Kier molecular flexibility index (Phi) is 3.15. The van der Waals surface area contributed by atoms with Gasteiger partial charge >= 0.3 is 0 Å². The molecule has 0 radical (unpaired) electrons. The monoisotopic (exact) mass is 236 g/mol. The van der Waals surface area contributed by atoms with Gasteiger partial charge < -0.3 is 4.74 Å². The highest BCUT2D eigenvalue weighted by Crippen LogP contribution is 2.20. The molecule has 4 heteroatoms. The summed E-state index contributed by atoms with van der Waals surface area (Å²) in [7, 11) is 1.67. The molecule has 0 saturated heterocycles. The maximum atomic E-state index is 5.95. The van der Waals surface area contributed by atoms with Crippen molar-refractivity contribution in [3.05, 3.63) is 46.7 Å². The number of aromatic nitrogens is 2. The van der Waals surface area contributed by atoms with Crippen molar-refractivity contribution in [2.45, 2.75) is 13.5 Å². The van der Waals surface area contributed by atoms with Crippen molar-refractivity contribution in [1.29, 1.82) is 0 Å². The third-order valence-electron chi connectivity index (χ3n) is 2.56. The van der Waals surface area contributed by atoms with E-state index < -0.39 is 0 Å². The van der Waals surface area contributed by atoms with Crippen LogP contribution < -0.4 is 4.74 Å². The number of halogens is 1. The number of nitrogens with zero attached hydrogens (tertiary/aromatic N) is 2. The number of hydrogen-bond donors (Lipinski definition) is 0. The number of hydrogen-bond acceptors (Lipinski definition) is 2. The zero-order valence-corrected chi connectivity index (χ0v) is 10.0. The predicted octanol–water partition coefficient (Wildman–Crippen LogP) is 2.90. The van der Waals surface area contributed by atoms with E-state index in [0.29, 0.717) is 11.6 Å². The number of methoxy groups -OCH3 is 1. The Bertz CT molecular complexity index is 494. The van der Waals surface area contributed by atoms with E-state index in [2.05, 4.69) is 5.10 Å². The molecule has 0 amide bonds. The Morgan fingerprint density at radius 2 is 2.12 bits per heavy atom. The fourth-order valence-electron chi connectivity index (χ4n) is 1.58. The average molecular weight is 237 g/mol. The van der Waals surface area contributed by atoms with Gasteiger partial charge in [-0.3, -0.25) is 4.68 Å². The van der Waals surface area contributed by atoms with E-state index in [-0.39, 0.29) is 0 Å². The molecule has 16 heavy (non-hydrogen) atoms. The van der Waals surface area contributed by atoms with E-state index in [1.807, 2.05) is 35.9 Å². The molecule has 0 unspecified atom stereocenters. The molecule has 84 valence electrons. The van der Waals surface area contributed by atoms with E-state index in [1.165, 1.54) is 0 Å². The maximum Gasteiger partial charge on any atom is 0.123 e. The zero-order valence-electron chi connectivity index (χ0n) is 9.27. The Labute approximate surface area is 99.6 Å². The first kappa shape index (κ1) is 11.0. The molecule has 0 spiro atoms.